The summed E-state index contributed by atoms with van der Waals surface area (Å²) in [5.41, 5.74) is 3.93. The standard InChI is InChI=1S/C21H24N4O2S/c1-15-7-9-17(10-8-15)24-21(27)14-28-13-20(26)22-11-12-25-16(2)23-18-5-3-4-6-19(18)25/h3-10H,11-14H2,1-2H3,(H,22,26)(H,24,27). The molecule has 0 aliphatic carbocycles. The molecule has 0 bridgehead atoms. The Labute approximate surface area is 168 Å². The summed E-state index contributed by atoms with van der Waals surface area (Å²) in [5.74, 6) is 1.24. The molecular weight excluding hydrogens is 372 g/mol. The lowest BCUT2D eigenvalue weighted by Crippen LogP contribution is -2.29. The van der Waals surface area contributed by atoms with Crippen molar-refractivity contribution in [2.24, 2.45) is 0 Å². The molecular formula is C21H24N4O2S. The highest BCUT2D eigenvalue weighted by Gasteiger charge is 2.08. The Morgan fingerprint density at radius 3 is 2.50 bits per heavy atom. The van der Waals surface area contributed by atoms with Crippen LogP contribution in [-0.2, 0) is 16.1 Å². The minimum Gasteiger partial charge on any atom is -0.354 e. The molecule has 0 spiro atoms. The lowest BCUT2D eigenvalue weighted by molar-refractivity contribution is -0.118. The van der Waals surface area contributed by atoms with Crippen LogP contribution in [0.25, 0.3) is 11.0 Å². The van der Waals surface area contributed by atoms with Gasteiger partial charge in [-0.2, -0.15) is 0 Å². The highest BCUT2D eigenvalue weighted by Crippen LogP contribution is 2.15. The molecule has 0 atom stereocenters. The second kappa shape index (κ2) is 9.41. The molecule has 2 N–H and O–H groups in total. The third-order valence-electron chi connectivity index (χ3n) is 4.30. The second-order valence-electron chi connectivity index (χ2n) is 6.56. The van der Waals surface area contributed by atoms with Gasteiger partial charge >= 0.3 is 0 Å². The number of para-hydroxylation sites is 2. The van der Waals surface area contributed by atoms with Crippen molar-refractivity contribution >= 4 is 40.3 Å². The fourth-order valence-corrected chi connectivity index (χ4v) is 3.55. The van der Waals surface area contributed by atoms with E-state index >= 15 is 0 Å². The molecule has 7 heteroatoms. The Kier molecular flexibility index (Phi) is 6.71. The van der Waals surface area contributed by atoms with E-state index in [0.717, 1.165) is 28.1 Å². The molecule has 2 aromatic carbocycles. The Bertz CT molecular complexity index is 966. The highest BCUT2D eigenvalue weighted by molar-refractivity contribution is 8.00. The molecule has 1 heterocycles. The number of thioether (sulfide) groups is 1. The van der Waals surface area contributed by atoms with Gasteiger partial charge in [0.05, 0.1) is 22.5 Å². The number of hydrogen-bond donors (Lipinski definition) is 2. The number of aryl methyl sites for hydroxylation is 2. The number of aromatic nitrogens is 2. The summed E-state index contributed by atoms with van der Waals surface area (Å²) in [5, 5.41) is 5.73. The summed E-state index contributed by atoms with van der Waals surface area (Å²) in [4.78, 5) is 28.5. The van der Waals surface area contributed by atoms with Crippen molar-refractivity contribution in [3.63, 3.8) is 0 Å². The maximum Gasteiger partial charge on any atom is 0.234 e. The van der Waals surface area contributed by atoms with Crippen molar-refractivity contribution in [1.82, 2.24) is 14.9 Å². The van der Waals surface area contributed by atoms with Gasteiger partial charge in [-0.15, -0.1) is 11.8 Å². The van der Waals surface area contributed by atoms with Gasteiger partial charge in [-0.3, -0.25) is 9.59 Å². The fraction of sp³-hybridized carbons (Fsp3) is 0.286. The maximum absolute atomic E-state index is 12.0. The molecule has 0 aliphatic heterocycles. The third-order valence-corrected chi connectivity index (χ3v) is 5.24. The first kappa shape index (κ1) is 19.9. The molecule has 1 aromatic heterocycles. The van der Waals surface area contributed by atoms with E-state index in [4.69, 9.17) is 0 Å². The summed E-state index contributed by atoms with van der Waals surface area (Å²) >= 11 is 1.30. The van der Waals surface area contributed by atoms with Gasteiger partial charge in [0.1, 0.15) is 5.82 Å². The van der Waals surface area contributed by atoms with Crippen LogP contribution in [0.5, 0.6) is 0 Å². The number of amides is 2. The van der Waals surface area contributed by atoms with E-state index in [1.165, 1.54) is 11.8 Å². The number of fused-ring (bicyclic) bond motifs is 1. The number of anilines is 1. The van der Waals surface area contributed by atoms with E-state index in [1.807, 2.05) is 62.4 Å². The van der Waals surface area contributed by atoms with Gasteiger partial charge in [-0.25, -0.2) is 4.98 Å². The highest BCUT2D eigenvalue weighted by atomic mass is 32.2. The van der Waals surface area contributed by atoms with Crippen LogP contribution in [0.15, 0.2) is 48.5 Å². The van der Waals surface area contributed by atoms with Crippen molar-refractivity contribution in [1.29, 1.82) is 0 Å². The number of nitrogens with zero attached hydrogens (tertiary/aromatic N) is 2. The molecule has 0 unspecified atom stereocenters. The molecule has 0 fully saturated rings. The minimum absolute atomic E-state index is 0.0739. The number of rotatable bonds is 8. The molecule has 28 heavy (non-hydrogen) atoms. The van der Waals surface area contributed by atoms with Gasteiger partial charge in [0, 0.05) is 18.8 Å². The summed E-state index contributed by atoms with van der Waals surface area (Å²) in [7, 11) is 0. The van der Waals surface area contributed by atoms with Gasteiger partial charge in [-0.1, -0.05) is 29.8 Å². The van der Waals surface area contributed by atoms with Crippen molar-refractivity contribution in [3.8, 4) is 0 Å². The van der Waals surface area contributed by atoms with E-state index in [2.05, 4.69) is 20.2 Å². The Hall–Kier alpha value is -2.80. The molecule has 3 aromatic rings. The monoisotopic (exact) mass is 396 g/mol. The Morgan fingerprint density at radius 2 is 1.71 bits per heavy atom. The van der Waals surface area contributed by atoms with Crippen LogP contribution >= 0.6 is 11.8 Å². The van der Waals surface area contributed by atoms with Crippen LogP contribution < -0.4 is 10.6 Å². The van der Waals surface area contributed by atoms with E-state index in [9.17, 15) is 9.59 Å². The minimum atomic E-state index is -0.109. The molecule has 3 rings (SSSR count). The van der Waals surface area contributed by atoms with Crippen LogP contribution in [-0.4, -0.2) is 39.4 Å². The van der Waals surface area contributed by atoms with Crippen LogP contribution in [0.3, 0.4) is 0 Å². The molecule has 146 valence electrons. The smallest absolute Gasteiger partial charge is 0.234 e. The zero-order valence-corrected chi connectivity index (χ0v) is 16.9. The second-order valence-corrected chi connectivity index (χ2v) is 7.54. The van der Waals surface area contributed by atoms with E-state index in [0.29, 0.717) is 13.1 Å². The summed E-state index contributed by atoms with van der Waals surface area (Å²) in [6.07, 6.45) is 0. The van der Waals surface area contributed by atoms with Gasteiger partial charge in [-0.05, 0) is 38.1 Å². The number of carbonyl (C=O) groups excluding carboxylic acids is 2. The first-order chi connectivity index (χ1) is 13.5. The molecule has 0 radical (unpaired) electrons. The normalized spacial score (nSPS) is 10.8. The number of carbonyl (C=O) groups is 2. The molecule has 2 amide bonds. The van der Waals surface area contributed by atoms with Crippen molar-refractivity contribution in [2.75, 3.05) is 23.4 Å². The number of benzene rings is 2. The van der Waals surface area contributed by atoms with Crippen LogP contribution in [0.2, 0.25) is 0 Å². The predicted octanol–water partition coefficient (Wildman–Crippen LogP) is 3.14. The van der Waals surface area contributed by atoms with Crippen LogP contribution in [0.4, 0.5) is 5.69 Å². The lowest BCUT2D eigenvalue weighted by Gasteiger charge is -2.09. The summed E-state index contributed by atoms with van der Waals surface area (Å²) in [6, 6.07) is 15.6. The van der Waals surface area contributed by atoms with E-state index in [-0.39, 0.29) is 23.3 Å². The summed E-state index contributed by atoms with van der Waals surface area (Å²) in [6.45, 7) is 5.15. The van der Waals surface area contributed by atoms with Gasteiger partial charge < -0.3 is 15.2 Å². The lowest BCUT2D eigenvalue weighted by atomic mass is 10.2. The molecule has 6 nitrogen and oxygen atoms in total. The Balaban J connectivity index is 1.37. The van der Waals surface area contributed by atoms with Crippen LogP contribution in [0, 0.1) is 13.8 Å². The zero-order valence-electron chi connectivity index (χ0n) is 16.1. The SMILES string of the molecule is Cc1ccc(NC(=O)CSCC(=O)NCCn2c(C)nc3ccccc32)cc1. The van der Waals surface area contributed by atoms with E-state index < -0.39 is 0 Å². The number of imidazole rings is 1. The first-order valence-corrected chi connectivity index (χ1v) is 10.3. The fourth-order valence-electron chi connectivity index (χ4n) is 2.91. The Morgan fingerprint density at radius 1 is 1.00 bits per heavy atom. The predicted molar refractivity (Wildman–Crippen MR) is 115 cm³/mol. The van der Waals surface area contributed by atoms with Gasteiger partial charge in [0.15, 0.2) is 0 Å². The van der Waals surface area contributed by atoms with Crippen LogP contribution in [0.1, 0.15) is 11.4 Å². The van der Waals surface area contributed by atoms with Crippen molar-refractivity contribution in [2.45, 2.75) is 20.4 Å². The molecule has 0 saturated carbocycles. The third kappa shape index (κ3) is 5.36. The summed E-state index contributed by atoms with van der Waals surface area (Å²) < 4.78 is 2.10. The van der Waals surface area contributed by atoms with Crippen molar-refractivity contribution < 1.29 is 9.59 Å². The largest absolute Gasteiger partial charge is 0.354 e. The number of hydrogen-bond acceptors (Lipinski definition) is 4. The van der Waals surface area contributed by atoms with Crippen molar-refractivity contribution in [3.05, 3.63) is 59.9 Å². The molecule has 0 saturated heterocycles. The maximum atomic E-state index is 12.0. The number of nitrogens with one attached hydrogen (secondary N) is 2. The first-order valence-electron chi connectivity index (χ1n) is 9.16. The average Bonchev–Trinajstić information content (AvgIpc) is 2.99. The molecule has 0 aliphatic rings. The van der Waals surface area contributed by atoms with E-state index in [1.54, 1.807) is 0 Å². The van der Waals surface area contributed by atoms with Gasteiger partial charge in [0.2, 0.25) is 11.8 Å². The topological polar surface area (TPSA) is 76.0 Å². The quantitative estimate of drug-likeness (QED) is 0.613. The average molecular weight is 397 g/mol. The zero-order chi connectivity index (χ0) is 19.9. The van der Waals surface area contributed by atoms with Gasteiger partial charge in [0.25, 0.3) is 0 Å².